The van der Waals surface area contributed by atoms with Crippen molar-refractivity contribution < 1.29 is 31.1 Å². The maximum atomic E-state index is 13.6. The Morgan fingerprint density at radius 1 is 1.11 bits per heavy atom. The number of amides is 1. The zero-order chi connectivity index (χ0) is 27.6. The quantitative estimate of drug-likeness (QED) is 0.370. The van der Waals surface area contributed by atoms with Gasteiger partial charge in [-0.3, -0.25) is 9.78 Å². The molecule has 0 aromatic carbocycles. The predicted octanol–water partition coefficient (Wildman–Crippen LogP) is 3.28. The average Bonchev–Trinajstić information content (AvgIpc) is 3.42. The molecular weight excluding hydrogens is 520 g/mol. The Morgan fingerprint density at radius 2 is 1.84 bits per heavy atom. The number of hydrogen-bond acceptors (Lipinski definition) is 8. The highest BCUT2D eigenvalue weighted by atomic mass is 19.4. The number of carbonyl (C=O) groups excluding carboxylic acids is 1. The van der Waals surface area contributed by atoms with Crippen LogP contribution in [0, 0.1) is 5.82 Å². The first-order valence-electron chi connectivity index (χ1n) is 11.0. The van der Waals surface area contributed by atoms with Gasteiger partial charge in [0.15, 0.2) is 11.6 Å². The number of anilines is 2. The van der Waals surface area contributed by atoms with Crippen molar-refractivity contribution in [3.63, 3.8) is 0 Å². The number of halogens is 6. The first-order chi connectivity index (χ1) is 17.7. The number of nitrogens with zero attached hydrogens (tertiary/aromatic N) is 7. The Bertz CT molecular complexity index is 1540. The summed E-state index contributed by atoms with van der Waals surface area (Å²) in [5, 5.41) is 10.3. The summed E-state index contributed by atoms with van der Waals surface area (Å²) >= 11 is 0. The summed E-state index contributed by atoms with van der Waals surface area (Å²) < 4.78 is 80.0. The molecule has 0 fully saturated rings. The third-order valence-electron chi connectivity index (χ3n) is 6.43. The van der Waals surface area contributed by atoms with E-state index in [1.165, 1.54) is 30.8 Å². The van der Waals surface area contributed by atoms with E-state index in [1.54, 1.807) is 0 Å². The van der Waals surface area contributed by atoms with Crippen LogP contribution >= 0.6 is 0 Å². The zero-order valence-corrected chi connectivity index (χ0v) is 19.6. The summed E-state index contributed by atoms with van der Waals surface area (Å²) in [6.45, 7) is 1.51. The van der Waals surface area contributed by atoms with Gasteiger partial charge in [-0.1, -0.05) is 0 Å². The average molecular weight is 537 g/mol. The van der Waals surface area contributed by atoms with Crippen LogP contribution in [0.2, 0.25) is 0 Å². The first-order valence-corrected chi connectivity index (χ1v) is 11.0. The SMILES string of the molecule is Cn1c(CCC(F)(F)C(F)(F)F)nc(-c2nc(N)c3c(n2)NC(=O)C3(C)c2ccc(F)cn2)c2cnnc1-2. The van der Waals surface area contributed by atoms with Gasteiger partial charge in [0.2, 0.25) is 5.91 Å². The number of nitrogens with two attached hydrogens (primary N) is 1. The maximum absolute atomic E-state index is 13.6. The van der Waals surface area contributed by atoms with Crippen molar-refractivity contribution in [1.29, 1.82) is 0 Å². The van der Waals surface area contributed by atoms with Crippen molar-refractivity contribution >= 4 is 17.5 Å². The highest BCUT2D eigenvalue weighted by Crippen LogP contribution is 2.45. The lowest BCUT2D eigenvalue weighted by Crippen LogP contribution is -2.37. The zero-order valence-electron chi connectivity index (χ0n) is 19.6. The van der Waals surface area contributed by atoms with E-state index >= 15 is 0 Å². The number of fused-ring (bicyclic) bond motifs is 2. The summed E-state index contributed by atoms with van der Waals surface area (Å²) in [5.41, 5.74) is 5.36. The number of alkyl halides is 5. The van der Waals surface area contributed by atoms with Crippen LogP contribution in [0.5, 0.6) is 0 Å². The number of aromatic nitrogens is 7. The van der Waals surface area contributed by atoms with Gasteiger partial charge in [-0.15, -0.1) is 5.10 Å². The summed E-state index contributed by atoms with van der Waals surface area (Å²) in [7, 11) is 1.40. The second-order valence-corrected chi connectivity index (χ2v) is 8.82. The largest absolute Gasteiger partial charge is 0.453 e. The lowest BCUT2D eigenvalue weighted by molar-refractivity contribution is -0.284. The van der Waals surface area contributed by atoms with E-state index in [0.29, 0.717) is 0 Å². The van der Waals surface area contributed by atoms with E-state index in [2.05, 4.69) is 35.5 Å². The van der Waals surface area contributed by atoms with E-state index in [4.69, 9.17) is 5.73 Å². The molecule has 2 aromatic rings. The molecule has 3 aliphatic heterocycles. The normalized spacial score (nSPS) is 17.6. The topological polar surface area (TPSA) is 137 Å². The number of aryl methyl sites for hydroxylation is 1. The molecule has 0 radical (unpaired) electrons. The highest BCUT2D eigenvalue weighted by molar-refractivity contribution is 6.08. The van der Waals surface area contributed by atoms with Crippen molar-refractivity contribution in [3.8, 4) is 22.9 Å². The van der Waals surface area contributed by atoms with Crippen molar-refractivity contribution in [2.75, 3.05) is 11.1 Å². The molecule has 5 rings (SSSR count). The number of rotatable bonds is 5. The Balaban J connectivity index is 1.60. The molecule has 0 aliphatic carbocycles. The van der Waals surface area contributed by atoms with Crippen LogP contribution in [-0.2, 0) is 23.7 Å². The molecule has 0 spiro atoms. The van der Waals surface area contributed by atoms with Gasteiger partial charge in [0.05, 0.1) is 29.2 Å². The van der Waals surface area contributed by atoms with E-state index in [0.717, 1.165) is 12.3 Å². The third-order valence-corrected chi connectivity index (χ3v) is 6.43. The van der Waals surface area contributed by atoms with Crippen LogP contribution in [0.1, 0.15) is 30.4 Å². The molecule has 1 unspecified atom stereocenters. The van der Waals surface area contributed by atoms with Crippen molar-refractivity contribution in [2.45, 2.75) is 37.3 Å². The lowest BCUT2D eigenvalue weighted by Gasteiger charge is -2.22. The van der Waals surface area contributed by atoms with Gasteiger partial charge in [0, 0.05) is 19.9 Å². The molecule has 0 saturated heterocycles. The summed E-state index contributed by atoms with van der Waals surface area (Å²) in [6.07, 6.45) is -5.79. The van der Waals surface area contributed by atoms with Gasteiger partial charge in [-0.05, 0) is 19.1 Å². The number of hydrogen-bond donors (Lipinski definition) is 2. The van der Waals surface area contributed by atoms with Crippen LogP contribution < -0.4 is 11.1 Å². The van der Waals surface area contributed by atoms with Crippen LogP contribution in [0.4, 0.5) is 38.0 Å². The molecule has 38 heavy (non-hydrogen) atoms. The Hall–Kier alpha value is -4.37. The van der Waals surface area contributed by atoms with E-state index in [1.807, 2.05) is 0 Å². The monoisotopic (exact) mass is 537 g/mol. The van der Waals surface area contributed by atoms with Gasteiger partial charge < -0.3 is 15.6 Å². The second kappa shape index (κ2) is 8.32. The molecule has 1 atom stereocenters. The Labute approximate surface area is 209 Å². The molecule has 3 aliphatic rings. The van der Waals surface area contributed by atoms with Crippen molar-refractivity contribution in [2.24, 2.45) is 7.05 Å². The molecule has 16 heteroatoms. The van der Waals surface area contributed by atoms with Gasteiger partial charge in [0.25, 0.3) is 0 Å². The number of nitrogens with one attached hydrogen (secondary N) is 1. The minimum absolute atomic E-state index is 0.00642. The number of nitrogen functional groups attached to an aromatic ring is 1. The van der Waals surface area contributed by atoms with E-state index < -0.39 is 42.1 Å². The fourth-order valence-corrected chi connectivity index (χ4v) is 4.29. The molecule has 198 valence electrons. The van der Waals surface area contributed by atoms with Gasteiger partial charge in [0.1, 0.15) is 34.4 Å². The summed E-state index contributed by atoms with van der Waals surface area (Å²) in [5.74, 6) is -6.44. The highest BCUT2D eigenvalue weighted by Gasteiger charge is 2.56. The predicted molar refractivity (Wildman–Crippen MR) is 119 cm³/mol. The standard InChI is InChI=1S/C22H17F6N9O/c1-20(11-4-3-9(23)7-30-11)13-15(29)33-17(34-16(13)35-19(20)38)14-10-8-31-36-18(10)37(2)12(32-14)5-6-21(24,25)22(26,27)28/h3-4,7-8H,5-6H2,1-2H3,(H3,29,33,34,35,38). The molecule has 0 bridgehead atoms. The smallest absolute Gasteiger partial charge is 0.383 e. The second-order valence-electron chi connectivity index (χ2n) is 8.82. The Kier molecular flexibility index (Phi) is 5.54. The first kappa shape index (κ1) is 25.3. The number of carbonyl (C=O) groups is 1. The summed E-state index contributed by atoms with van der Waals surface area (Å²) in [6, 6.07) is 2.46. The van der Waals surface area contributed by atoms with Gasteiger partial charge in [-0.25, -0.2) is 19.3 Å². The Morgan fingerprint density at radius 3 is 2.50 bits per heavy atom. The molecule has 3 N–H and O–H groups in total. The van der Waals surface area contributed by atoms with Crippen LogP contribution in [0.25, 0.3) is 22.9 Å². The summed E-state index contributed by atoms with van der Waals surface area (Å²) in [4.78, 5) is 29.8. The molecule has 2 aromatic heterocycles. The fraction of sp³-hybridized carbons (Fsp3) is 0.318. The minimum Gasteiger partial charge on any atom is -0.383 e. The third kappa shape index (κ3) is 3.78. The molecule has 10 nitrogen and oxygen atoms in total. The molecule has 5 heterocycles. The van der Waals surface area contributed by atoms with Gasteiger partial charge >= 0.3 is 12.1 Å². The lowest BCUT2D eigenvalue weighted by atomic mass is 9.81. The molecule has 0 saturated carbocycles. The van der Waals surface area contributed by atoms with Gasteiger partial charge in [-0.2, -0.15) is 27.1 Å². The van der Waals surface area contributed by atoms with Crippen molar-refractivity contribution in [3.05, 3.63) is 47.4 Å². The van der Waals surface area contributed by atoms with Crippen LogP contribution in [0.15, 0.2) is 24.5 Å². The van der Waals surface area contributed by atoms with Crippen molar-refractivity contribution in [1.82, 2.24) is 34.7 Å². The molecule has 1 amide bonds. The minimum atomic E-state index is -5.72. The van der Waals surface area contributed by atoms with E-state index in [-0.39, 0.29) is 51.6 Å². The molecular formula is C22H17F6N9O. The number of pyridine rings is 1. The maximum Gasteiger partial charge on any atom is 0.453 e. The van der Waals surface area contributed by atoms with Crippen LogP contribution in [-0.4, -0.2) is 52.7 Å². The van der Waals surface area contributed by atoms with Crippen LogP contribution in [0.3, 0.4) is 0 Å². The fourth-order valence-electron chi connectivity index (χ4n) is 4.29. The van der Waals surface area contributed by atoms with E-state index in [9.17, 15) is 31.1 Å².